The van der Waals surface area contributed by atoms with Gasteiger partial charge in [-0.2, -0.15) is 5.10 Å². The van der Waals surface area contributed by atoms with Crippen LogP contribution in [0.4, 0.5) is 4.39 Å². The molecule has 1 N–H and O–H groups in total. The van der Waals surface area contributed by atoms with Gasteiger partial charge >= 0.3 is 0 Å². The minimum atomic E-state index is -0.349. The molecule has 0 spiro atoms. The molecule has 2 aromatic rings. The Balaban J connectivity index is 1.33. The second kappa shape index (κ2) is 9.25. The fourth-order valence-electron chi connectivity index (χ4n) is 3.81. The molecule has 4 rings (SSSR count). The summed E-state index contributed by atoms with van der Waals surface area (Å²) in [6.07, 6.45) is 1.77. The standard InChI is InChI=1S/C21H25FN4O4/c22-16-3-5-17(6-4-16)30-14-20(27)26-7-1-2-15(13-26)18-12-19(24-23-18)21(28)25-8-10-29-11-9-25/h3-6,12,15H,1-2,7-11,13-14H2,(H,23,24)/t15-/m1/s1. The lowest BCUT2D eigenvalue weighted by atomic mass is 9.94. The van der Waals surface area contributed by atoms with Crippen molar-refractivity contribution in [1.29, 1.82) is 0 Å². The highest BCUT2D eigenvalue weighted by Gasteiger charge is 2.28. The molecule has 0 bridgehead atoms. The molecule has 3 heterocycles. The van der Waals surface area contributed by atoms with Crippen LogP contribution in [0.1, 0.15) is 34.9 Å². The molecular weight excluding hydrogens is 391 g/mol. The minimum absolute atomic E-state index is 0.0901. The van der Waals surface area contributed by atoms with E-state index < -0.39 is 0 Å². The number of H-pyrrole nitrogens is 1. The lowest BCUT2D eigenvalue weighted by Gasteiger charge is -2.32. The predicted molar refractivity (Wildman–Crippen MR) is 106 cm³/mol. The molecular formula is C21H25FN4O4. The summed E-state index contributed by atoms with van der Waals surface area (Å²) in [6, 6.07) is 7.39. The smallest absolute Gasteiger partial charge is 0.274 e. The van der Waals surface area contributed by atoms with Crippen molar-refractivity contribution >= 4 is 11.8 Å². The average Bonchev–Trinajstić information content (AvgIpc) is 3.29. The van der Waals surface area contributed by atoms with E-state index >= 15 is 0 Å². The number of hydrogen-bond acceptors (Lipinski definition) is 5. The van der Waals surface area contributed by atoms with Crippen LogP contribution in [-0.4, -0.2) is 77.8 Å². The SMILES string of the molecule is O=C(COc1ccc(F)cc1)N1CCC[C@@H](c2cc(C(=O)N3CCOCC3)n[nH]2)C1. The first-order valence-corrected chi connectivity index (χ1v) is 10.2. The molecule has 2 aliphatic rings. The van der Waals surface area contributed by atoms with Crippen molar-refractivity contribution in [2.24, 2.45) is 0 Å². The van der Waals surface area contributed by atoms with Gasteiger partial charge in [0.1, 0.15) is 17.3 Å². The second-order valence-electron chi connectivity index (χ2n) is 7.53. The molecule has 2 amide bonds. The molecule has 1 aromatic heterocycles. The van der Waals surface area contributed by atoms with Crippen LogP contribution in [0.5, 0.6) is 5.75 Å². The van der Waals surface area contributed by atoms with E-state index in [-0.39, 0.29) is 30.2 Å². The fourth-order valence-corrected chi connectivity index (χ4v) is 3.81. The quantitative estimate of drug-likeness (QED) is 0.803. The normalized spacial score (nSPS) is 19.6. The Morgan fingerprint density at radius 1 is 1.17 bits per heavy atom. The lowest BCUT2D eigenvalue weighted by Crippen LogP contribution is -2.41. The molecule has 0 saturated carbocycles. The maximum Gasteiger partial charge on any atom is 0.274 e. The van der Waals surface area contributed by atoms with E-state index in [9.17, 15) is 14.0 Å². The molecule has 1 aromatic carbocycles. The van der Waals surface area contributed by atoms with Crippen molar-refractivity contribution in [2.75, 3.05) is 46.0 Å². The molecule has 2 aliphatic heterocycles. The number of amides is 2. The van der Waals surface area contributed by atoms with Crippen molar-refractivity contribution in [3.8, 4) is 5.75 Å². The van der Waals surface area contributed by atoms with Crippen molar-refractivity contribution in [1.82, 2.24) is 20.0 Å². The number of carbonyl (C=O) groups is 2. The topological polar surface area (TPSA) is 87.8 Å². The number of hydrogen-bond donors (Lipinski definition) is 1. The Labute approximate surface area is 173 Å². The van der Waals surface area contributed by atoms with Gasteiger partial charge in [0.2, 0.25) is 0 Å². The fraction of sp³-hybridized carbons (Fsp3) is 0.476. The maximum atomic E-state index is 13.0. The number of benzene rings is 1. The number of halogens is 1. The van der Waals surface area contributed by atoms with E-state index in [2.05, 4.69) is 10.2 Å². The number of rotatable bonds is 5. The summed E-state index contributed by atoms with van der Waals surface area (Å²) in [4.78, 5) is 28.7. The zero-order chi connectivity index (χ0) is 20.9. The van der Waals surface area contributed by atoms with Crippen LogP contribution in [0, 0.1) is 5.82 Å². The van der Waals surface area contributed by atoms with E-state index in [1.807, 2.05) is 0 Å². The number of piperidine rings is 1. The van der Waals surface area contributed by atoms with Crippen LogP contribution >= 0.6 is 0 Å². The van der Waals surface area contributed by atoms with Crippen LogP contribution in [-0.2, 0) is 9.53 Å². The molecule has 9 heteroatoms. The van der Waals surface area contributed by atoms with Crippen LogP contribution in [0.3, 0.4) is 0 Å². The van der Waals surface area contributed by atoms with Crippen LogP contribution in [0.15, 0.2) is 30.3 Å². The third kappa shape index (κ3) is 4.79. The molecule has 2 saturated heterocycles. The number of morpholine rings is 1. The summed E-state index contributed by atoms with van der Waals surface area (Å²) < 4.78 is 23.7. The van der Waals surface area contributed by atoms with Gasteiger partial charge in [-0.05, 0) is 43.2 Å². The van der Waals surface area contributed by atoms with Crippen molar-refractivity contribution < 1.29 is 23.5 Å². The Hall–Kier alpha value is -2.94. The summed E-state index contributed by atoms with van der Waals surface area (Å²) in [5.74, 6) is -0.0191. The van der Waals surface area contributed by atoms with Gasteiger partial charge in [-0.15, -0.1) is 0 Å². The van der Waals surface area contributed by atoms with Gasteiger partial charge in [-0.25, -0.2) is 4.39 Å². The van der Waals surface area contributed by atoms with E-state index in [1.54, 1.807) is 15.9 Å². The van der Waals surface area contributed by atoms with E-state index in [0.717, 1.165) is 18.5 Å². The molecule has 0 aliphatic carbocycles. The van der Waals surface area contributed by atoms with E-state index in [4.69, 9.17) is 9.47 Å². The van der Waals surface area contributed by atoms with Crippen molar-refractivity contribution in [2.45, 2.75) is 18.8 Å². The molecule has 2 fully saturated rings. The molecule has 0 unspecified atom stereocenters. The molecule has 0 radical (unpaired) electrons. The van der Waals surface area contributed by atoms with Gasteiger partial charge in [0.05, 0.1) is 13.2 Å². The largest absolute Gasteiger partial charge is 0.484 e. The maximum absolute atomic E-state index is 13.0. The summed E-state index contributed by atoms with van der Waals surface area (Å²) >= 11 is 0. The van der Waals surface area contributed by atoms with Gasteiger partial charge in [-0.3, -0.25) is 14.7 Å². The Morgan fingerprint density at radius 2 is 1.93 bits per heavy atom. The zero-order valence-electron chi connectivity index (χ0n) is 16.7. The summed E-state index contributed by atoms with van der Waals surface area (Å²) in [7, 11) is 0. The van der Waals surface area contributed by atoms with Gasteiger partial charge in [0, 0.05) is 37.8 Å². The number of aromatic amines is 1. The second-order valence-corrected chi connectivity index (χ2v) is 7.53. The van der Waals surface area contributed by atoms with Crippen LogP contribution < -0.4 is 4.74 Å². The van der Waals surface area contributed by atoms with Gasteiger partial charge in [0.15, 0.2) is 6.61 Å². The summed E-state index contributed by atoms with van der Waals surface area (Å²) in [5.41, 5.74) is 1.26. The molecule has 8 nitrogen and oxygen atoms in total. The first-order chi connectivity index (χ1) is 14.6. The Kier molecular flexibility index (Phi) is 6.27. The Bertz CT molecular complexity index is 879. The van der Waals surface area contributed by atoms with Crippen LogP contribution in [0.25, 0.3) is 0 Å². The van der Waals surface area contributed by atoms with Crippen molar-refractivity contribution in [3.05, 3.63) is 47.5 Å². The number of carbonyl (C=O) groups excluding carboxylic acids is 2. The van der Waals surface area contributed by atoms with Crippen molar-refractivity contribution in [3.63, 3.8) is 0 Å². The Morgan fingerprint density at radius 3 is 2.70 bits per heavy atom. The first-order valence-electron chi connectivity index (χ1n) is 10.2. The van der Waals surface area contributed by atoms with Gasteiger partial charge in [-0.1, -0.05) is 0 Å². The third-order valence-corrected chi connectivity index (χ3v) is 5.50. The number of likely N-dealkylation sites (tertiary alicyclic amines) is 1. The molecule has 1 atom stereocenters. The lowest BCUT2D eigenvalue weighted by molar-refractivity contribution is -0.134. The molecule has 30 heavy (non-hydrogen) atoms. The number of nitrogens with one attached hydrogen (secondary N) is 1. The third-order valence-electron chi connectivity index (χ3n) is 5.50. The highest BCUT2D eigenvalue weighted by Crippen LogP contribution is 2.26. The minimum Gasteiger partial charge on any atom is -0.484 e. The first kappa shape index (κ1) is 20.3. The van der Waals surface area contributed by atoms with Gasteiger partial charge < -0.3 is 19.3 Å². The summed E-state index contributed by atoms with van der Waals surface area (Å²) in [5, 5.41) is 7.19. The molecule has 160 valence electrons. The van der Waals surface area contributed by atoms with E-state index in [0.29, 0.717) is 50.8 Å². The van der Waals surface area contributed by atoms with Crippen LogP contribution in [0.2, 0.25) is 0 Å². The number of nitrogens with zero attached hydrogens (tertiary/aromatic N) is 3. The van der Waals surface area contributed by atoms with Gasteiger partial charge in [0.25, 0.3) is 11.8 Å². The predicted octanol–water partition coefficient (Wildman–Crippen LogP) is 1.81. The highest BCUT2D eigenvalue weighted by atomic mass is 19.1. The number of ether oxygens (including phenoxy) is 2. The monoisotopic (exact) mass is 416 g/mol. The van der Waals surface area contributed by atoms with E-state index in [1.165, 1.54) is 24.3 Å². The zero-order valence-corrected chi connectivity index (χ0v) is 16.7. The highest BCUT2D eigenvalue weighted by molar-refractivity contribution is 5.92. The number of aromatic nitrogens is 2. The summed E-state index contributed by atoms with van der Waals surface area (Å²) in [6.45, 7) is 3.34. The average molecular weight is 416 g/mol.